The molecule has 2 aliphatic heterocycles. The van der Waals surface area contributed by atoms with E-state index in [0.717, 1.165) is 59.2 Å². The van der Waals surface area contributed by atoms with Crippen LogP contribution in [0.5, 0.6) is 11.5 Å². The molecule has 0 N–H and O–H groups in total. The van der Waals surface area contributed by atoms with E-state index in [2.05, 4.69) is 37.0 Å². The van der Waals surface area contributed by atoms with Crippen molar-refractivity contribution >= 4 is 11.7 Å². The summed E-state index contributed by atoms with van der Waals surface area (Å²) in [7, 11) is 4.30. The van der Waals surface area contributed by atoms with Gasteiger partial charge in [-0.25, -0.2) is 4.98 Å². The number of nitrogens with zero attached hydrogens (tertiary/aromatic N) is 4. The van der Waals surface area contributed by atoms with Crippen LogP contribution >= 0.6 is 0 Å². The number of Topliss-reactive ketones (excluding diaryl/α,β-unsaturated/α-hetero) is 1. The van der Waals surface area contributed by atoms with Crippen molar-refractivity contribution in [2.75, 3.05) is 27.2 Å². The standard InChI is InChI=1S/C32H40N4O4/c1-19-15-20(2)25(26(37)16-19)17-35-13-11-24-27(31(35)38)21(3)29-30(28(24)36-14-12-33-18-36)40-32(4,39-29)22-7-9-23(10-8-22)34(5)6/h12,14-15,18,22-23H,7-11,13,16-17H2,1-6H3/t22?,23?,32-/m0/s1. The Kier molecular flexibility index (Phi) is 6.64. The summed E-state index contributed by atoms with van der Waals surface area (Å²) >= 11 is 0. The van der Waals surface area contributed by atoms with Gasteiger partial charge in [-0.1, -0.05) is 11.6 Å². The van der Waals surface area contributed by atoms with Gasteiger partial charge in [0.25, 0.3) is 11.7 Å². The molecule has 6 rings (SSSR count). The summed E-state index contributed by atoms with van der Waals surface area (Å²) in [5.74, 6) is 0.849. The van der Waals surface area contributed by atoms with E-state index in [-0.39, 0.29) is 17.6 Å². The summed E-state index contributed by atoms with van der Waals surface area (Å²) in [5, 5.41) is 0. The predicted molar refractivity (Wildman–Crippen MR) is 153 cm³/mol. The number of rotatable bonds is 5. The van der Waals surface area contributed by atoms with E-state index >= 15 is 0 Å². The molecule has 1 fully saturated rings. The zero-order chi connectivity index (χ0) is 28.3. The third kappa shape index (κ3) is 4.37. The fourth-order valence-corrected chi connectivity index (χ4v) is 7.15. The van der Waals surface area contributed by atoms with Crippen molar-refractivity contribution in [2.45, 2.75) is 78.0 Å². The molecule has 8 heteroatoms. The van der Waals surface area contributed by atoms with Gasteiger partial charge in [-0.15, -0.1) is 0 Å². The first kappa shape index (κ1) is 26.8. The lowest BCUT2D eigenvalue weighted by Crippen LogP contribution is -2.46. The number of hydrogen-bond donors (Lipinski definition) is 0. The maximum absolute atomic E-state index is 14.1. The number of carbonyl (C=O) groups excluding carboxylic acids is 2. The Labute approximate surface area is 236 Å². The van der Waals surface area contributed by atoms with E-state index in [1.165, 1.54) is 0 Å². The Bertz CT molecular complexity index is 1430. The van der Waals surface area contributed by atoms with E-state index in [1.54, 1.807) is 12.5 Å². The molecule has 212 valence electrons. The SMILES string of the molecule is CC1=CC(C)=C(CN2CCc3c(c(C)c4c(c3-n3ccnc3)O[C@@](C)(C3CCC(N(C)C)CC3)O4)C2=O)C(=O)C1. The Balaban J connectivity index is 1.37. The molecule has 2 aromatic rings. The lowest BCUT2D eigenvalue weighted by molar-refractivity contribution is -0.123. The molecule has 0 unspecified atom stereocenters. The van der Waals surface area contributed by atoms with Gasteiger partial charge in [-0.3, -0.25) is 9.59 Å². The maximum Gasteiger partial charge on any atom is 0.254 e. The van der Waals surface area contributed by atoms with Gasteiger partial charge in [-0.2, -0.15) is 0 Å². The Hall–Kier alpha value is -3.39. The quantitative estimate of drug-likeness (QED) is 0.526. The average molecular weight is 545 g/mol. The second-order valence-electron chi connectivity index (χ2n) is 12.4. The van der Waals surface area contributed by atoms with Gasteiger partial charge in [0, 0.05) is 61.9 Å². The minimum atomic E-state index is -0.799. The first-order valence-corrected chi connectivity index (χ1v) is 14.5. The van der Waals surface area contributed by atoms with Crippen LogP contribution in [0.25, 0.3) is 5.69 Å². The third-order valence-electron chi connectivity index (χ3n) is 9.46. The zero-order valence-corrected chi connectivity index (χ0v) is 24.5. The molecular weight excluding hydrogens is 504 g/mol. The van der Waals surface area contributed by atoms with Crippen molar-refractivity contribution in [1.82, 2.24) is 19.4 Å². The number of fused-ring (bicyclic) bond motifs is 2. The van der Waals surface area contributed by atoms with Crippen LogP contribution in [0.3, 0.4) is 0 Å². The molecule has 3 heterocycles. The van der Waals surface area contributed by atoms with Gasteiger partial charge in [0.15, 0.2) is 17.3 Å². The minimum Gasteiger partial charge on any atom is -0.448 e. The summed E-state index contributed by atoms with van der Waals surface area (Å²) in [5.41, 5.74) is 6.01. The van der Waals surface area contributed by atoms with Crippen LogP contribution < -0.4 is 9.47 Å². The third-order valence-corrected chi connectivity index (χ3v) is 9.46. The van der Waals surface area contributed by atoms with E-state index in [9.17, 15) is 9.59 Å². The number of benzene rings is 1. The normalized spacial score (nSPS) is 26.5. The summed E-state index contributed by atoms with van der Waals surface area (Å²) in [6.45, 7) is 8.82. The summed E-state index contributed by atoms with van der Waals surface area (Å²) < 4.78 is 15.5. The van der Waals surface area contributed by atoms with E-state index in [4.69, 9.17) is 9.47 Å². The number of aromatic nitrogens is 2. The van der Waals surface area contributed by atoms with Crippen molar-refractivity contribution in [3.8, 4) is 17.2 Å². The molecule has 0 radical (unpaired) electrons. The first-order chi connectivity index (χ1) is 19.1. The van der Waals surface area contributed by atoms with Crippen molar-refractivity contribution in [1.29, 1.82) is 0 Å². The van der Waals surface area contributed by atoms with Gasteiger partial charge < -0.3 is 23.8 Å². The number of ketones is 1. The van der Waals surface area contributed by atoms with Crippen LogP contribution in [0.15, 0.2) is 41.5 Å². The van der Waals surface area contributed by atoms with Crippen molar-refractivity contribution < 1.29 is 19.1 Å². The minimum absolute atomic E-state index is 0.0639. The Morgan fingerprint density at radius 1 is 1.07 bits per heavy atom. The fourth-order valence-electron chi connectivity index (χ4n) is 7.15. The highest BCUT2D eigenvalue weighted by Gasteiger charge is 2.49. The van der Waals surface area contributed by atoms with Gasteiger partial charge in [0.05, 0.1) is 17.6 Å². The summed E-state index contributed by atoms with van der Waals surface area (Å²) in [4.78, 5) is 35.4. The Morgan fingerprint density at radius 2 is 1.80 bits per heavy atom. The van der Waals surface area contributed by atoms with Crippen LogP contribution in [0.4, 0.5) is 0 Å². The molecule has 0 saturated heterocycles. The lowest BCUT2D eigenvalue weighted by Gasteiger charge is -2.39. The molecule has 40 heavy (non-hydrogen) atoms. The van der Waals surface area contributed by atoms with E-state index < -0.39 is 5.79 Å². The van der Waals surface area contributed by atoms with Crippen LogP contribution in [0, 0.1) is 12.8 Å². The van der Waals surface area contributed by atoms with Crippen LogP contribution in [-0.4, -0.2) is 70.1 Å². The molecule has 1 saturated carbocycles. The summed E-state index contributed by atoms with van der Waals surface area (Å²) in [6, 6.07) is 0.581. The van der Waals surface area contributed by atoms with Gasteiger partial charge >= 0.3 is 0 Å². The van der Waals surface area contributed by atoms with Crippen molar-refractivity contribution in [3.63, 3.8) is 0 Å². The fraction of sp³-hybridized carbons (Fsp3) is 0.531. The van der Waals surface area contributed by atoms with Crippen LogP contribution in [-0.2, 0) is 11.2 Å². The van der Waals surface area contributed by atoms with Crippen LogP contribution in [0.2, 0.25) is 0 Å². The number of ether oxygens (including phenoxy) is 2. The monoisotopic (exact) mass is 544 g/mol. The van der Waals surface area contributed by atoms with Gasteiger partial charge in [-0.05, 0) is 78.1 Å². The molecule has 1 aromatic heterocycles. The highest BCUT2D eigenvalue weighted by atomic mass is 16.7. The number of allylic oxidation sites excluding steroid dienone is 3. The summed E-state index contributed by atoms with van der Waals surface area (Å²) in [6.07, 6.45) is 12.8. The molecule has 2 aliphatic carbocycles. The van der Waals surface area contributed by atoms with Crippen molar-refractivity contribution in [2.24, 2.45) is 5.92 Å². The number of carbonyl (C=O) groups is 2. The highest BCUT2D eigenvalue weighted by Crippen LogP contribution is 2.53. The Morgan fingerprint density at radius 3 is 2.45 bits per heavy atom. The molecule has 4 aliphatic rings. The molecule has 0 bridgehead atoms. The molecule has 1 aromatic carbocycles. The van der Waals surface area contributed by atoms with Gasteiger partial charge in [0.1, 0.15) is 0 Å². The molecular formula is C32H40N4O4. The highest BCUT2D eigenvalue weighted by molar-refractivity contribution is 6.03. The van der Waals surface area contributed by atoms with E-state index in [1.807, 2.05) is 36.4 Å². The second kappa shape index (κ2) is 9.91. The smallest absolute Gasteiger partial charge is 0.254 e. The van der Waals surface area contributed by atoms with E-state index in [0.29, 0.717) is 49.0 Å². The zero-order valence-electron chi connectivity index (χ0n) is 24.5. The largest absolute Gasteiger partial charge is 0.448 e. The van der Waals surface area contributed by atoms with Gasteiger partial charge in [0.2, 0.25) is 0 Å². The van der Waals surface area contributed by atoms with Crippen molar-refractivity contribution in [3.05, 3.63) is 58.2 Å². The average Bonchev–Trinajstić information content (AvgIpc) is 3.56. The topological polar surface area (TPSA) is 76.9 Å². The molecule has 8 nitrogen and oxygen atoms in total. The molecule has 0 spiro atoms. The second-order valence-corrected chi connectivity index (χ2v) is 12.4. The number of imidazole rings is 1. The first-order valence-electron chi connectivity index (χ1n) is 14.5. The number of hydrogen-bond acceptors (Lipinski definition) is 6. The molecule has 1 atom stereocenters. The number of amides is 1. The van der Waals surface area contributed by atoms with Crippen LogP contribution in [0.1, 0.15) is 74.4 Å². The lowest BCUT2D eigenvalue weighted by atomic mass is 9.81. The maximum atomic E-state index is 14.1. The molecule has 1 amide bonds. The predicted octanol–water partition coefficient (Wildman–Crippen LogP) is 5.02.